The highest BCUT2D eigenvalue weighted by atomic mass is 32.2. The Morgan fingerprint density at radius 1 is 1.28 bits per heavy atom. The number of carbonyl (C=O) groups is 1. The highest BCUT2D eigenvalue weighted by molar-refractivity contribution is 7.89. The van der Waals surface area contributed by atoms with Crippen molar-refractivity contribution in [3.8, 4) is 0 Å². The molecule has 1 N–H and O–H groups in total. The predicted octanol–water partition coefficient (Wildman–Crippen LogP) is 1.47. The first-order valence-corrected chi connectivity index (χ1v) is 9.49. The fourth-order valence-corrected chi connectivity index (χ4v) is 5.14. The van der Waals surface area contributed by atoms with E-state index in [1.165, 1.54) is 22.5 Å². The van der Waals surface area contributed by atoms with Gasteiger partial charge in [0.05, 0.1) is 18.1 Å². The van der Waals surface area contributed by atoms with Gasteiger partial charge in [-0.15, -0.1) is 6.58 Å². The van der Waals surface area contributed by atoms with Gasteiger partial charge in [0.1, 0.15) is 5.41 Å². The van der Waals surface area contributed by atoms with Crippen LogP contribution >= 0.6 is 0 Å². The molecule has 2 fully saturated rings. The molecule has 2 aliphatic rings. The molecule has 0 aromatic heterocycles. The maximum atomic E-state index is 12.9. The van der Waals surface area contributed by atoms with Crippen LogP contribution in [-0.4, -0.2) is 55.9 Å². The molecule has 25 heavy (non-hydrogen) atoms. The number of nitrogens with zero attached hydrogens (tertiary/aromatic N) is 1. The Labute approximate surface area is 146 Å². The summed E-state index contributed by atoms with van der Waals surface area (Å²) in [7, 11) is -3.81. The Kier molecular flexibility index (Phi) is 4.72. The van der Waals surface area contributed by atoms with Gasteiger partial charge in [0, 0.05) is 19.5 Å². The molecule has 1 spiro atoms. The van der Waals surface area contributed by atoms with Gasteiger partial charge in [-0.25, -0.2) is 8.42 Å². The summed E-state index contributed by atoms with van der Waals surface area (Å²) in [5.74, 6) is -2.47. The first-order chi connectivity index (χ1) is 11.9. The molecule has 2 aliphatic heterocycles. The molecule has 1 unspecified atom stereocenters. The normalized spacial score (nSPS) is 26.6. The Morgan fingerprint density at radius 3 is 2.48 bits per heavy atom. The average molecular weight is 367 g/mol. The number of allylic oxidation sites excluding steroid dienone is 1. The third-order valence-corrected chi connectivity index (χ3v) is 6.76. The van der Waals surface area contributed by atoms with Gasteiger partial charge < -0.3 is 14.6 Å². The van der Waals surface area contributed by atoms with E-state index in [0.29, 0.717) is 0 Å². The molecule has 2 heterocycles. The van der Waals surface area contributed by atoms with Crippen molar-refractivity contribution in [1.82, 2.24) is 4.31 Å². The Hall–Kier alpha value is -1.74. The summed E-state index contributed by atoms with van der Waals surface area (Å²) >= 11 is 0. The zero-order valence-corrected chi connectivity index (χ0v) is 14.6. The van der Waals surface area contributed by atoms with Crippen LogP contribution < -0.4 is 0 Å². The Balaban J connectivity index is 2.02. The third-order valence-electron chi connectivity index (χ3n) is 4.90. The van der Waals surface area contributed by atoms with Gasteiger partial charge in [0.15, 0.2) is 5.79 Å². The molecule has 1 aromatic carbocycles. The van der Waals surface area contributed by atoms with Crippen LogP contribution in [0.4, 0.5) is 0 Å². The van der Waals surface area contributed by atoms with E-state index in [4.69, 9.17) is 9.47 Å². The summed E-state index contributed by atoms with van der Waals surface area (Å²) in [6.45, 7) is 4.12. The lowest BCUT2D eigenvalue weighted by Crippen LogP contribution is -2.64. The number of benzene rings is 1. The zero-order chi connectivity index (χ0) is 18.1. The van der Waals surface area contributed by atoms with Crippen molar-refractivity contribution in [1.29, 1.82) is 0 Å². The summed E-state index contributed by atoms with van der Waals surface area (Å²) in [4.78, 5) is 12.3. The van der Waals surface area contributed by atoms with Gasteiger partial charge in [-0.1, -0.05) is 24.3 Å². The van der Waals surface area contributed by atoms with E-state index in [9.17, 15) is 18.3 Å². The lowest BCUT2D eigenvalue weighted by molar-refractivity contribution is -0.258. The van der Waals surface area contributed by atoms with Gasteiger partial charge >= 0.3 is 5.97 Å². The third kappa shape index (κ3) is 2.79. The number of carboxylic acids is 1. The molecule has 136 valence electrons. The zero-order valence-electron chi connectivity index (χ0n) is 13.8. The lowest BCUT2D eigenvalue weighted by atomic mass is 9.72. The number of aliphatic carboxylic acids is 1. The largest absolute Gasteiger partial charge is 0.481 e. The topological polar surface area (TPSA) is 93.1 Å². The smallest absolute Gasteiger partial charge is 0.316 e. The van der Waals surface area contributed by atoms with Crippen molar-refractivity contribution in [2.24, 2.45) is 5.41 Å². The number of carboxylic acid groups (broad SMARTS) is 1. The van der Waals surface area contributed by atoms with Crippen molar-refractivity contribution in [3.63, 3.8) is 0 Å². The number of rotatable bonds is 5. The lowest BCUT2D eigenvalue weighted by Gasteiger charge is -2.49. The average Bonchev–Trinajstić information content (AvgIpc) is 3.07. The van der Waals surface area contributed by atoms with E-state index in [1.807, 2.05) is 0 Å². The number of hydrogen-bond donors (Lipinski definition) is 1. The second-order valence-corrected chi connectivity index (χ2v) is 8.17. The fourth-order valence-electron chi connectivity index (χ4n) is 3.62. The molecule has 1 atom stereocenters. The van der Waals surface area contributed by atoms with Crippen LogP contribution in [-0.2, 0) is 24.3 Å². The molecule has 8 heteroatoms. The SMILES string of the molecule is C=CCC1(C(=O)O)CN(S(=O)(=O)c2ccccc2)CCC12OCCO2. The van der Waals surface area contributed by atoms with Crippen molar-refractivity contribution >= 4 is 16.0 Å². The molecule has 1 aromatic rings. The summed E-state index contributed by atoms with van der Waals surface area (Å²) < 4.78 is 38.5. The first kappa shape index (κ1) is 18.1. The molecule has 0 aliphatic carbocycles. The van der Waals surface area contributed by atoms with Gasteiger partial charge in [-0.3, -0.25) is 4.79 Å². The van der Waals surface area contributed by atoms with Crippen LogP contribution in [0.2, 0.25) is 0 Å². The van der Waals surface area contributed by atoms with Crippen LogP contribution in [0.1, 0.15) is 12.8 Å². The number of piperidine rings is 1. The minimum Gasteiger partial charge on any atom is -0.481 e. The quantitative estimate of drug-likeness (QED) is 0.792. The molecular formula is C17H21NO6S. The van der Waals surface area contributed by atoms with E-state index < -0.39 is 27.2 Å². The summed E-state index contributed by atoms with van der Waals surface area (Å²) in [6, 6.07) is 7.99. The highest BCUT2D eigenvalue weighted by Crippen LogP contribution is 2.49. The molecule has 7 nitrogen and oxygen atoms in total. The molecule has 0 bridgehead atoms. The standard InChI is InChI=1S/C17H21NO6S/c1-2-8-16(15(19)20)13-18(10-9-17(16)23-11-12-24-17)25(21,22)14-6-4-3-5-7-14/h2-7H,1,8-13H2,(H,19,20). The molecule has 0 amide bonds. The van der Waals surface area contributed by atoms with Crippen molar-refractivity contribution < 1.29 is 27.8 Å². The van der Waals surface area contributed by atoms with Gasteiger partial charge in [-0.05, 0) is 18.6 Å². The van der Waals surface area contributed by atoms with E-state index in [2.05, 4.69) is 6.58 Å². The maximum absolute atomic E-state index is 12.9. The van der Waals surface area contributed by atoms with Gasteiger partial charge in [0.2, 0.25) is 10.0 Å². The van der Waals surface area contributed by atoms with Crippen LogP contribution in [0.25, 0.3) is 0 Å². The van der Waals surface area contributed by atoms with Crippen LogP contribution in [0.5, 0.6) is 0 Å². The fraction of sp³-hybridized carbons (Fsp3) is 0.471. The van der Waals surface area contributed by atoms with Crippen LogP contribution in [0.15, 0.2) is 47.9 Å². The second kappa shape index (κ2) is 6.53. The van der Waals surface area contributed by atoms with E-state index in [1.54, 1.807) is 18.2 Å². The van der Waals surface area contributed by atoms with Crippen LogP contribution in [0.3, 0.4) is 0 Å². The van der Waals surface area contributed by atoms with Gasteiger partial charge in [0.25, 0.3) is 0 Å². The first-order valence-electron chi connectivity index (χ1n) is 8.05. The van der Waals surface area contributed by atoms with E-state index in [-0.39, 0.29) is 44.0 Å². The number of sulfonamides is 1. The molecule has 3 rings (SSSR count). The highest BCUT2D eigenvalue weighted by Gasteiger charge is 2.64. The Morgan fingerprint density at radius 2 is 1.92 bits per heavy atom. The molecule has 0 radical (unpaired) electrons. The molecule has 0 saturated carbocycles. The summed E-state index contributed by atoms with van der Waals surface area (Å²) in [5.41, 5.74) is -1.54. The monoisotopic (exact) mass is 367 g/mol. The summed E-state index contributed by atoms with van der Waals surface area (Å²) in [6.07, 6.45) is 1.67. The van der Waals surface area contributed by atoms with Crippen molar-refractivity contribution in [2.45, 2.75) is 23.5 Å². The number of ether oxygens (including phenoxy) is 2. The second-order valence-electron chi connectivity index (χ2n) is 6.23. The minimum absolute atomic E-state index is 0.0448. The molecular weight excluding hydrogens is 346 g/mol. The number of hydrogen-bond acceptors (Lipinski definition) is 5. The van der Waals surface area contributed by atoms with Gasteiger partial charge in [-0.2, -0.15) is 4.31 Å². The molecule has 2 saturated heterocycles. The summed E-state index contributed by atoms with van der Waals surface area (Å²) in [5, 5.41) is 9.97. The van der Waals surface area contributed by atoms with Crippen molar-refractivity contribution in [2.75, 3.05) is 26.3 Å². The van der Waals surface area contributed by atoms with Crippen molar-refractivity contribution in [3.05, 3.63) is 43.0 Å². The minimum atomic E-state index is -3.81. The Bertz CT molecular complexity index is 757. The predicted molar refractivity (Wildman–Crippen MR) is 89.3 cm³/mol. The van der Waals surface area contributed by atoms with E-state index >= 15 is 0 Å². The van der Waals surface area contributed by atoms with E-state index in [0.717, 1.165) is 0 Å². The maximum Gasteiger partial charge on any atom is 0.316 e. The van der Waals surface area contributed by atoms with Crippen LogP contribution in [0, 0.1) is 5.41 Å².